The SMILES string of the molecule is CS(=O)c1ccccc1C(C)(F)CNc1cccc(CC(=O)NCCON=C(N)N)c1F. The number of guanidine groups is 1. The van der Waals surface area contributed by atoms with Crippen molar-refractivity contribution in [3.8, 4) is 0 Å². The minimum Gasteiger partial charge on any atom is -0.391 e. The Morgan fingerprint density at radius 2 is 1.94 bits per heavy atom. The standard InChI is InChI=1S/C21H27F2N5O3S/c1-21(23,15-7-3-4-9-17(15)32(2)30)13-27-16-8-5-6-14(19(16)22)12-18(29)26-10-11-31-28-20(24)25/h3-9,27H,10-13H2,1-2H3,(H,26,29)(H4,24,25,28). The van der Waals surface area contributed by atoms with Crippen LogP contribution in [0.4, 0.5) is 14.5 Å². The molecule has 0 aliphatic carbocycles. The largest absolute Gasteiger partial charge is 0.391 e. The number of hydrogen-bond acceptors (Lipinski definition) is 5. The van der Waals surface area contributed by atoms with Gasteiger partial charge < -0.3 is 26.9 Å². The van der Waals surface area contributed by atoms with E-state index in [9.17, 15) is 13.4 Å². The molecule has 2 atom stereocenters. The molecule has 8 nitrogen and oxygen atoms in total. The van der Waals surface area contributed by atoms with Crippen LogP contribution in [-0.2, 0) is 32.5 Å². The Morgan fingerprint density at radius 3 is 2.62 bits per heavy atom. The summed E-state index contributed by atoms with van der Waals surface area (Å²) in [5, 5.41) is 8.63. The Labute approximate surface area is 187 Å². The number of rotatable bonds is 11. The van der Waals surface area contributed by atoms with E-state index in [1.807, 2.05) is 0 Å². The number of benzene rings is 2. The Hall–Kier alpha value is -3.21. The van der Waals surface area contributed by atoms with E-state index >= 15 is 4.39 Å². The van der Waals surface area contributed by atoms with E-state index in [1.54, 1.807) is 30.3 Å². The minimum absolute atomic E-state index is 0.0484. The van der Waals surface area contributed by atoms with E-state index in [1.165, 1.54) is 25.3 Å². The average Bonchev–Trinajstić information content (AvgIpc) is 2.74. The summed E-state index contributed by atoms with van der Waals surface area (Å²) in [6, 6.07) is 11.0. The van der Waals surface area contributed by atoms with Crippen molar-refractivity contribution in [3.63, 3.8) is 0 Å². The quantitative estimate of drug-likeness (QED) is 0.172. The highest BCUT2D eigenvalue weighted by atomic mass is 32.2. The first-order valence-corrected chi connectivity index (χ1v) is 11.3. The molecule has 2 aromatic carbocycles. The van der Waals surface area contributed by atoms with Crippen molar-refractivity contribution in [2.75, 3.05) is 31.3 Å². The highest BCUT2D eigenvalue weighted by Gasteiger charge is 2.29. The van der Waals surface area contributed by atoms with Gasteiger partial charge in [-0.05, 0) is 29.8 Å². The lowest BCUT2D eigenvalue weighted by Gasteiger charge is -2.24. The summed E-state index contributed by atoms with van der Waals surface area (Å²) in [6.07, 6.45) is 1.26. The van der Waals surface area contributed by atoms with Gasteiger partial charge in [-0.1, -0.05) is 30.3 Å². The molecular formula is C21H27F2N5O3S. The maximum atomic E-state index is 15.4. The number of nitrogens with two attached hydrogens (primary N) is 2. The molecular weight excluding hydrogens is 440 g/mol. The van der Waals surface area contributed by atoms with Crippen molar-refractivity contribution in [2.45, 2.75) is 23.9 Å². The van der Waals surface area contributed by atoms with Gasteiger partial charge in [0.15, 0.2) is 5.67 Å². The van der Waals surface area contributed by atoms with E-state index in [-0.39, 0.29) is 48.9 Å². The fourth-order valence-electron chi connectivity index (χ4n) is 2.95. The number of nitrogens with one attached hydrogen (secondary N) is 2. The minimum atomic E-state index is -1.91. The first kappa shape index (κ1) is 25.1. The number of alkyl halides is 1. The highest BCUT2D eigenvalue weighted by Crippen LogP contribution is 2.31. The number of anilines is 1. The number of halogens is 2. The van der Waals surface area contributed by atoms with Gasteiger partial charge in [0, 0.05) is 16.7 Å². The van der Waals surface area contributed by atoms with Crippen LogP contribution in [0.3, 0.4) is 0 Å². The number of hydrogen-bond donors (Lipinski definition) is 4. The molecule has 0 fully saturated rings. The zero-order valence-electron chi connectivity index (χ0n) is 17.9. The third-order valence-electron chi connectivity index (χ3n) is 4.48. The first-order valence-electron chi connectivity index (χ1n) is 9.72. The van der Waals surface area contributed by atoms with Crippen LogP contribution in [-0.4, -0.2) is 42.0 Å². The van der Waals surface area contributed by atoms with E-state index in [2.05, 4.69) is 15.8 Å². The molecule has 1 amide bonds. The Morgan fingerprint density at radius 1 is 1.22 bits per heavy atom. The molecule has 2 rings (SSSR count). The van der Waals surface area contributed by atoms with Crippen LogP contribution < -0.4 is 22.1 Å². The molecule has 0 bridgehead atoms. The zero-order valence-corrected chi connectivity index (χ0v) is 18.7. The van der Waals surface area contributed by atoms with Crippen molar-refractivity contribution >= 4 is 28.4 Å². The second kappa shape index (κ2) is 11.4. The molecule has 0 saturated carbocycles. The summed E-state index contributed by atoms with van der Waals surface area (Å²) in [6.45, 7) is 1.27. The van der Waals surface area contributed by atoms with E-state index in [0.29, 0.717) is 4.90 Å². The molecule has 32 heavy (non-hydrogen) atoms. The van der Waals surface area contributed by atoms with Gasteiger partial charge in [-0.3, -0.25) is 9.00 Å². The second-order valence-electron chi connectivity index (χ2n) is 7.16. The number of carbonyl (C=O) groups excluding carboxylic acids is 1. The smallest absolute Gasteiger partial charge is 0.228 e. The fourth-order valence-corrected chi connectivity index (χ4v) is 3.81. The Bertz CT molecular complexity index is 997. The van der Waals surface area contributed by atoms with Crippen LogP contribution in [0.5, 0.6) is 0 Å². The Balaban J connectivity index is 2.01. The summed E-state index contributed by atoms with van der Waals surface area (Å²) in [5.41, 5.74) is 8.78. The lowest BCUT2D eigenvalue weighted by atomic mass is 9.97. The number of oxime groups is 1. The van der Waals surface area contributed by atoms with Gasteiger partial charge in [0.25, 0.3) is 0 Å². The van der Waals surface area contributed by atoms with Crippen molar-refractivity contribution in [1.29, 1.82) is 0 Å². The second-order valence-corrected chi connectivity index (χ2v) is 8.50. The average molecular weight is 468 g/mol. The molecule has 174 valence electrons. The maximum absolute atomic E-state index is 15.4. The fraction of sp³-hybridized carbons (Fsp3) is 0.333. The van der Waals surface area contributed by atoms with Gasteiger partial charge in [0.2, 0.25) is 11.9 Å². The first-order chi connectivity index (χ1) is 15.1. The topological polar surface area (TPSA) is 132 Å². The normalized spacial score (nSPS) is 13.5. The number of carbonyl (C=O) groups is 1. The van der Waals surface area contributed by atoms with Gasteiger partial charge in [-0.15, -0.1) is 0 Å². The van der Waals surface area contributed by atoms with Crippen molar-refractivity contribution in [2.24, 2.45) is 16.6 Å². The Kier molecular flexibility index (Phi) is 8.94. The third kappa shape index (κ3) is 7.19. The van der Waals surface area contributed by atoms with Crippen molar-refractivity contribution < 1.29 is 22.6 Å². The lowest BCUT2D eigenvalue weighted by molar-refractivity contribution is -0.120. The third-order valence-corrected chi connectivity index (χ3v) is 5.46. The van der Waals surface area contributed by atoms with Crippen LogP contribution in [0.2, 0.25) is 0 Å². The summed E-state index contributed by atoms with van der Waals surface area (Å²) >= 11 is 0. The predicted molar refractivity (Wildman–Crippen MR) is 121 cm³/mol. The monoisotopic (exact) mass is 467 g/mol. The van der Waals surface area contributed by atoms with Crippen LogP contribution in [0.15, 0.2) is 52.5 Å². The van der Waals surface area contributed by atoms with Crippen LogP contribution in [0.1, 0.15) is 18.1 Å². The molecule has 11 heteroatoms. The molecule has 0 aliphatic heterocycles. The molecule has 0 heterocycles. The summed E-state index contributed by atoms with van der Waals surface area (Å²) in [7, 11) is -1.37. The maximum Gasteiger partial charge on any atom is 0.228 e. The van der Waals surface area contributed by atoms with E-state index in [4.69, 9.17) is 16.3 Å². The summed E-state index contributed by atoms with van der Waals surface area (Å²) in [4.78, 5) is 17.2. The van der Waals surface area contributed by atoms with E-state index < -0.39 is 28.2 Å². The molecule has 0 aliphatic rings. The van der Waals surface area contributed by atoms with Gasteiger partial charge in [0.05, 0.1) is 36.0 Å². The van der Waals surface area contributed by atoms with Crippen molar-refractivity contribution in [1.82, 2.24) is 5.32 Å². The molecule has 0 radical (unpaired) electrons. The van der Waals surface area contributed by atoms with Crippen molar-refractivity contribution in [3.05, 3.63) is 59.4 Å². The number of nitrogens with zero attached hydrogens (tertiary/aromatic N) is 1. The highest BCUT2D eigenvalue weighted by molar-refractivity contribution is 7.84. The van der Waals surface area contributed by atoms with Crippen LogP contribution in [0.25, 0.3) is 0 Å². The van der Waals surface area contributed by atoms with Crippen LogP contribution in [0, 0.1) is 5.82 Å². The summed E-state index contributed by atoms with van der Waals surface area (Å²) in [5.74, 6) is -1.31. The van der Waals surface area contributed by atoms with Crippen LogP contribution >= 0.6 is 0 Å². The molecule has 0 aromatic heterocycles. The van der Waals surface area contributed by atoms with E-state index in [0.717, 1.165) is 0 Å². The molecule has 2 aromatic rings. The summed E-state index contributed by atoms with van der Waals surface area (Å²) < 4.78 is 42.2. The van der Waals surface area contributed by atoms with Gasteiger partial charge in [0.1, 0.15) is 12.4 Å². The lowest BCUT2D eigenvalue weighted by Crippen LogP contribution is -2.30. The molecule has 0 saturated heterocycles. The molecule has 2 unspecified atom stereocenters. The van der Waals surface area contributed by atoms with Gasteiger partial charge in [-0.2, -0.15) is 0 Å². The van der Waals surface area contributed by atoms with Gasteiger partial charge in [-0.25, -0.2) is 8.78 Å². The van der Waals surface area contributed by atoms with Gasteiger partial charge >= 0.3 is 0 Å². The molecule has 6 N–H and O–H groups in total. The predicted octanol–water partition coefficient (Wildman–Crippen LogP) is 1.72. The number of amides is 1. The zero-order chi connectivity index (χ0) is 23.7. The molecule has 0 spiro atoms.